The highest BCUT2D eigenvalue weighted by atomic mass is 32.2. The average molecular weight is 490 g/mol. The predicted octanol–water partition coefficient (Wildman–Crippen LogP) is 4.05. The zero-order valence-electron chi connectivity index (χ0n) is 19.1. The van der Waals surface area contributed by atoms with Crippen molar-refractivity contribution in [3.05, 3.63) is 96.1 Å². The molecule has 0 aliphatic rings. The Kier molecular flexibility index (Phi) is 6.79. The first kappa shape index (κ1) is 23.9. The van der Waals surface area contributed by atoms with Gasteiger partial charge in [-0.05, 0) is 43.3 Å². The van der Waals surface area contributed by atoms with Crippen molar-refractivity contribution in [3.8, 4) is 16.9 Å². The molecule has 0 aliphatic heterocycles. The number of esters is 1. The van der Waals surface area contributed by atoms with Crippen molar-refractivity contribution in [2.24, 2.45) is 0 Å². The molecular formula is C26H23N3O5S. The molecule has 178 valence electrons. The average Bonchev–Trinajstić information content (AvgIpc) is 3.26. The molecule has 1 heterocycles. The van der Waals surface area contributed by atoms with Crippen LogP contribution in [0.2, 0.25) is 0 Å². The fourth-order valence-electron chi connectivity index (χ4n) is 3.33. The van der Waals surface area contributed by atoms with E-state index in [-0.39, 0.29) is 10.5 Å². The number of anilines is 1. The van der Waals surface area contributed by atoms with Crippen LogP contribution in [-0.2, 0) is 19.4 Å². The van der Waals surface area contributed by atoms with Crippen molar-refractivity contribution in [2.75, 3.05) is 18.2 Å². The maximum absolute atomic E-state index is 12.6. The molecule has 0 saturated carbocycles. The van der Waals surface area contributed by atoms with E-state index in [4.69, 9.17) is 4.74 Å². The molecule has 8 nitrogen and oxygen atoms in total. The second-order valence-corrected chi connectivity index (χ2v) is 9.96. The summed E-state index contributed by atoms with van der Waals surface area (Å²) < 4.78 is 29.8. The zero-order valence-corrected chi connectivity index (χ0v) is 20.0. The molecule has 4 rings (SSSR count). The highest BCUT2D eigenvalue weighted by Crippen LogP contribution is 2.25. The van der Waals surface area contributed by atoms with Crippen LogP contribution < -0.4 is 5.32 Å². The number of benzene rings is 3. The van der Waals surface area contributed by atoms with Crippen LogP contribution in [0.5, 0.6) is 0 Å². The Morgan fingerprint density at radius 3 is 2.23 bits per heavy atom. The Morgan fingerprint density at radius 2 is 1.60 bits per heavy atom. The van der Waals surface area contributed by atoms with Crippen LogP contribution in [-0.4, -0.2) is 42.9 Å². The molecule has 3 aromatic carbocycles. The van der Waals surface area contributed by atoms with Gasteiger partial charge in [-0.2, -0.15) is 5.10 Å². The minimum atomic E-state index is -3.38. The van der Waals surface area contributed by atoms with Crippen LogP contribution in [0.4, 0.5) is 5.82 Å². The number of aryl methyl sites for hydroxylation is 1. The summed E-state index contributed by atoms with van der Waals surface area (Å²) in [5.74, 6) is -0.860. The lowest BCUT2D eigenvalue weighted by molar-refractivity contribution is -0.119. The van der Waals surface area contributed by atoms with Crippen LogP contribution >= 0.6 is 0 Å². The van der Waals surface area contributed by atoms with E-state index >= 15 is 0 Å². The van der Waals surface area contributed by atoms with Crippen molar-refractivity contribution in [3.63, 3.8) is 0 Å². The Morgan fingerprint density at radius 1 is 0.943 bits per heavy atom. The molecule has 0 saturated heterocycles. The van der Waals surface area contributed by atoms with E-state index in [1.807, 2.05) is 61.5 Å². The topological polar surface area (TPSA) is 107 Å². The molecular weight excluding hydrogens is 466 g/mol. The molecule has 9 heteroatoms. The van der Waals surface area contributed by atoms with E-state index < -0.39 is 28.3 Å². The Balaban J connectivity index is 1.49. The first-order valence-electron chi connectivity index (χ1n) is 10.7. The van der Waals surface area contributed by atoms with Crippen molar-refractivity contribution in [1.29, 1.82) is 0 Å². The van der Waals surface area contributed by atoms with Crippen molar-refractivity contribution >= 4 is 27.5 Å². The summed E-state index contributed by atoms with van der Waals surface area (Å²) in [6.07, 6.45) is 1.08. The summed E-state index contributed by atoms with van der Waals surface area (Å²) >= 11 is 0. The van der Waals surface area contributed by atoms with Crippen LogP contribution in [0.3, 0.4) is 0 Å². The number of sulfone groups is 1. The molecule has 0 radical (unpaired) electrons. The first-order chi connectivity index (χ1) is 16.7. The van der Waals surface area contributed by atoms with Gasteiger partial charge in [0.1, 0.15) is 5.82 Å². The number of carbonyl (C=O) groups is 2. The van der Waals surface area contributed by atoms with Gasteiger partial charge in [-0.3, -0.25) is 4.79 Å². The van der Waals surface area contributed by atoms with E-state index in [2.05, 4.69) is 10.4 Å². The number of nitrogens with zero attached hydrogens (tertiary/aromatic N) is 2. The second-order valence-electron chi connectivity index (χ2n) is 7.95. The quantitative estimate of drug-likeness (QED) is 0.393. The van der Waals surface area contributed by atoms with Gasteiger partial charge < -0.3 is 10.1 Å². The fourth-order valence-corrected chi connectivity index (χ4v) is 3.96. The molecule has 0 atom stereocenters. The fraction of sp³-hybridized carbons (Fsp3) is 0.115. The normalized spacial score (nSPS) is 11.1. The zero-order chi connectivity index (χ0) is 25.0. The predicted molar refractivity (Wildman–Crippen MR) is 132 cm³/mol. The Bertz CT molecular complexity index is 1460. The van der Waals surface area contributed by atoms with Gasteiger partial charge in [0.25, 0.3) is 5.91 Å². The number of para-hydroxylation sites is 1. The standard InChI is InChI=1S/C26H23N3O5S/c1-18-8-10-19(11-9-18)23-16-24(29(28-23)21-6-4-3-5-7-21)27-25(30)17-34-26(31)20-12-14-22(15-13-20)35(2,32)33/h3-16H,17H2,1-2H3,(H,27,30). The maximum Gasteiger partial charge on any atom is 0.338 e. The molecule has 1 amide bonds. The van der Waals surface area contributed by atoms with E-state index in [0.29, 0.717) is 11.5 Å². The number of ether oxygens (including phenoxy) is 1. The minimum Gasteiger partial charge on any atom is -0.452 e. The van der Waals surface area contributed by atoms with Crippen LogP contribution in [0, 0.1) is 6.92 Å². The van der Waals surface area contributed by atoms with E-state index in [1.54, 1.807) is 10.7 Å². The Hall–Kier alpha value is -4.24. The number of rotatable bonds is 7. The molecule has 0 fully saturated rings. The second kappa shape index (κ2) is 9.94. The summed E-state index contributed by atoms with van der Waals surface area (Å²) in [6, 6.07) is 24.3. The largest absolute Gasteiger partial charge is 0.452 e. The van der Waals surface area contributed by atoms with Gasteiger partial charge in [0, 0.05) is 17.9 Å². The lowest BCUT2D eigenvalue weighted by Gasteiger charge is -2.09. The third kappa shape index (κ3) is 5.82. The molecule has 4 aromatic rings. The molecule has 1 aromatic heterocycles. The van der Waals surface area contributed by atoms with E-state index in [9.17, 15) is 18.0 Å². The summed E-state index contributed by atoms with van der Waals surface area (Å²) in [6.45, 7) is 1.48. The van der Waals surface area contributed by atoms with Gasteiger partial charge in [0.2, 0.25) is 0 Å². The highest BCUT2D eigenvalue weighted by Gasteiger charge is 2.16. The molecule has 0 unspecified atom stereocenters. The van der Waals surface area contributed by atoms with Gasteiger partial charge in [-0.25, -0.2) is 17.9 Å². The molecule has 0 aliphatic carbocycles. The number of amides is 1. The monoisotopic (exact) mass is 489 g/mol. The number of hydrogen-bond acceptors (Lipinski definition) is 6. The molecule has 1 N–H and O–H groups in total. The third-order valence-electron chi connectivity index (χ3n) is 5.18. The van der Waals surface area contributed by atoms with Gasteiger partial charge in [-0.1, -0.05) is 48.0 Å². The maximum atomic E-state index is 12.6. The lowest BCUT2D eigenvalue weighted by Crippen LogP contribution is -2.22. The smallest absolute Gasteiger partial charge is 0.338 e. The lowest BCUT2D eigenvalue weighted by atomic mass is 10.1. The van der Waals surface area contributed by atoms with Crippen LogP contribution in [0.1, 0.15) is 15.9 Å². The van der Waals surface area contributed by atoms with Crippen molar-refractivity contribution < 1.29 is 22.7 Å². The summed E-state index contributed by atoms with van der Waals surface area (Å²) in [4.78, 5) is 25.0. The van der Waals surface area contributed by atoms with Crippen LogP contribution in [0.15, 0.2) is 89.8 Å². The van der Waals surface area contributed by atoms with Gasteiger partial charge >= 0.3 is 5.97 Å². The number of carbonyl (C=O) groups excluding carboxylic acids is 2. The molecule has 0 spiro atoms. The minimum absolute atomic E-state index is 0.0883. The van der Waals surface area contributed by atoms with Crippen LogP contribution in [0.25, 0.3) is 16.9 Å². The first-order valence-corrected chi connectivity index (χ1v) is 12.6. The number of aromatic nitrogens is 2. The Labute approximate surface area is 203 Å². The van der Waals surface area contributed by atoms with Gasteiger partial charge in [-0.15, -0.1) is 0 Å². The molecule has 35 heavy (non-hydrogen) atoms. The third-order valence-corrected chi connectivity index (χ3v) is 6.31. The number of hydrogen-bond donors (Lipinski definition) is 1. The van der Waals surface area contributed by atoms with E-state index in [0.717, 1.165) is 23.1 Å². The summed E-state index contributed by atoms with van der Waals surface area (Å²) in [5.41, 5.74) is 3.58. The van der Waals surface area contributed by atoms with Gasteiger partial charge in [0.15, 0.2) is 16.4 Å². The van der Waals surface area contributed by atoms with E-state index in [1.165, 1.54) is 24.3 Å². The summed E-state index contributed by atoms with van der Waals surface area (Å²) in [5, 5.41) is 7.40. The van der Waals surface area contributed by atoms with Gasteiger partial charge in [0.05, 0.1) is 21.8 Å². The highest BCUT2D eigenvalue weighted by molar-refractivity contribution is 7.90. The number of nitrogens with one attached hydrogen (secondary N) is 1. The molecule has 0 bridgehead atoms. The summed E-state index contributed by atoms with van der Waals surface area (Å²) in [7, 11) is -3.38. The van der Waals surface area contributed by atoms with Crippen molar-refractivity contribution in [1.82, 2.24) is 9.78 Å². The SMILES string of the molecule is Cc1ccc(-c2cc(NC(=O)COC(=O)c3ccc(S(C)(=O)=O)cc3)n(-c3ccccc3)n2)cc1. The van der Waals surface area contributed by atoms with Crippen molar-refractivity contribution in [2.45, 2.75) is 11.8 Å².